The number of benzene rings is 1. The summed E-state index contributed by atoms with van der Waals surface area (Å²) in [5, 5.41) is 8.81. The number of aromatic hydroxyl groups is 1. The van der Waals surface area contributed by atoms with Crippen LogP contribution in [0.25, 0.3) is 0 Å². The maximum Gasteiger partial charge on any atom is 0.115 e. The van der Waals surface area contributed by atoms with E-state index in [-0.39, 0.29) is 8.85 Å². The lowest BCUT2D eigenvalue weighted by Crippen LogP contribution is -1.66. The predicted molar refractivity (Wildman–Crippen MR) is 41.7 cm³/mol. The Hall–Kier alpha value is -0.980. The smallest absolute Gasteiger partial charge is 0.115 e. The van der Waals surface area contributed by atoms with Gasteiger partial charge in [-0.3, -0.25) is 0 Å². The Morgan fingerprint density at radius 3 is 2.44 bits per heavy atom. The van der Waals surface area contributed by atoms with E-state index in [1.165, 1.54) is 0 Å². The molecule has 0 heterocycles. The summed E-state index contributed by atoms with van der Waals surface area (Å²) >= 11 is 0. The molecular weight excluding hydrogens is 112 g/mol. The van der Waals surface area contributed by atoms with Crippen LogP contribution in [0.5, 0.6) is 5.75 Å². The first-order chi connectivity index (χ1) is 3.79. The maximum absolute atomic E-state index is 8.81. The Labute approximate surface area is 57.4 Å². The Bertz CT molecular complexity index is 169. The fourth-order valence-corrected chi connectivity index (χ4v) is 0.628. The van der Waals surface area contributed by atoms with Gasteiger partial charge in [-0.1, -0.05) is 19.6 Å². The molecule has 0 saturated heterocycles. The van der Waals surface area contributed by atoms with E-state index < -0.39 is 0 Å². The Morgan fingerprint density at radius 2 is 2.11 bits per heavy atom. The average molecular weight is 126 g/mol. The monoisotopic (exact) mass is 126 g/mol. The van der Waals surface area contributed by atoms with Gasteiger partial charge in [-0.2, -0.15) is 0 Å². The molecule has 9 heavy (non-hydrogen) atoms. The molecule has 0 fully saturated rings. The Kier molecular flexibility index (Phi) is 2.79. The van der Waals surface area contributed by atoms with Crippen LogP contribution in [0.4, 0.5) is 0 Å². The topological polar surface area (TPSA) is 20.2 Å². The minimum absolute atomic E-state index is 0. The fraction of sp³-hybridized carbons (Fsp3) is 0.250. The molecule has 0 spiro atoms. The molecule has 0 aliphatic carbocycles. The van der Waals surface area contributed by atoms with Crippen molar-refractivity contribution in [2.24, 2.45) is 0 Å². The second kappa shape index (κ2) is 3.13. The molecule has 1 rings (SSSR count). The summed E-state index contributed by atoms with van der Waals surface area (Å²) in [6.07, 6.45) is 0. The van der Waals surface area contributed by atoms with Crippen molar-refractivity contribution in [3.05, 3.63) is 29.8 Å². The molecule has 1 aromatic carbocycles. The van der Waals surface area contributed by atoms with Crippen LogP contribution in [-0.4, -0.2) is 5.11 Å². The van der Waals surface area contributed by atoms with E-state index >= 15 is 0 Å². The van der Waals surface area contributed by atoms with Crippen molar-refractivity contribution < 1.29 is 6.53 Å². The molecule has 1 heteroatoms. The first-order valence-electron chi connectivity index (χ1n) is 2.54. The van der Waals surface area contributed by atoms with E-state index in [1.54, 1.807) is 12.1 Å². The molecule has 1 N–H and O–H groups in total. The molecule has 0 aliphatic heterocycles. The summed E-state index contributed by atoms with van der Waals surface area (Å²) in [5.41, 5.74) is 1.09. The van der Waals surface area contributed by atoms with E-state index in [9.17, 15) is 0 Å². The Balaban J connectivity index is 0. The number of phenols is 1. The third kappa shape index (κ3) is 2.17. The van der Waals surface area contributed by atoms with Crippen LogP contribution in [0.1, 0.15) is 14.4 Å². The van der Waals surface area contributed by atoms with Gasteiger partial charge in [0.2, 0.25) is 0 Å². The van der Waals surface area contributed by atoms with E-state index in [2.05, 4.69) is 0 Å². The van der Waals surface area contributed by atoms with Crippen LogP contribution in [0, 0.1) is 6.92 Å². The molecule has 0 saturated carbocycles. The van der Waals surface area contributed by atoms with Crippen molar-refractivity contribution in [1.29, 1.82) is 0 Å². The van der Waals surface area contributed by atoms with Crippen LogP contribution in [0.15, 0.2) is 24.3 Å². The lowest BCUT2D eigenvalue weighted by atomic mass is 10.2. The number of phenolic OH excluding ortho intramolecular Hbond substituents is 1. The van der Waals surface area contributed by atoms with E-state index in [0.29, 0.717) is 5.75 Å². The molecule has 1 aromatic rings. The first-order valence-corrected chi connectivity index (χ1v) is 2.54. The van der Waals surface area contributed by atoms with E-state index in [1.807, 2.05) is 19.1 Å². The molecular formula is C8H14O. The number of hydrogen-bond donors (Lipinski definition) is 1. The third-order valence-corrected chi connectivity index (χ3v) is 1.00. The van der Waals surface area contributed by atoms with Crippen LogP contribution in [0.3, 0.4) is 0 Å². The molecule has 0 unspecified atom stereocenters. The summed E-state index contributed by atoms with van der Waals surface area (Å²) < 4.78 is 0. The van der Waals surface area contributed by atoms with Crippen molar-refractivity contribution >= 4 is 0 Å². The minimum atomic E-state index is 0. The molecule has 52 valence electrons. The van der Waals surface area contributed by atoms with E-state index in [0.717, 1.165) is 5.56 Å². The molecule has 0 aromatic heterocycles. The zero-order valence-electron chi connectivity index (χ0n) is 4.76. The van der Waals surface area contributed by atoms with E-state index in [4.69, 9.17) is 5.11 Å². The summed E-state index contributed by atoms with van der Waals surface area (Å²) in [7, 11) is 0. The van der Waals surface area contributed by atoms with Crippen LogP contribution in [-0.2, 0) is 0 Å². The molecule has 0 atom stereocenters. The quantitative estimate of drug-likeness (QED) is 0.566. The van der Waals surface area contributed by atoms with Gasteiger partial charge >= 0.3 is 0 Å². The first kappa shape index (κ1) is 8.02. The minimum Gasteiger partial charge on any atom is -0.508 e. The second-order valence-electron chi connectivity index (χ2n) is 1.84. The maximum atomic E-state index is 8.81. The highest BCUT2D eigenvalue weighted by Crippen LogP contribution is 2.08. The molecule has 0 amide bonds. The number of rotatable bonds is 0. The van der Waals surface area contributed by atoms with Gasteiger partial charge in [0.25, 0.3) is 0 Å². The highest BCUT2D eigenvalue weighted by atomic mass is 16.3. The summed E-state index contributed by atoms with van der Waals surface area (Å²) in [6, 6.07) is 7.15. The molecule has 0 aliphatic rings. The van der Waals surface area contributed by atoms with Crippen LogP contribution in [0.2, 0.25) is 0 Å². The second-order valence-corrected chi connectivity index (χ2v) is 1.84. The molecule has 0 radical (unpaired) electrons. The van der Waals surface area contributed by atoms with Gasteiger partial charge in [-0.05, 0) is 24.6 Å². The largest absolute Gasteiger partial charge is 0.508 e. The molecule has 0 bridgehead atoms. The van der Waals surface area contributed by atoms with Gasteiger partial charge in [0.05, 0.1) is 0 Å². The van der Waals surface area contributed by atoms with Crippen molar-refractivity contribution in [3.63, 3.8) is 0 Å². The number of aryl methyl sites for hydroxylation is 1. The third-order valence-electron chi connectivity index (χ3n) is 1.00. The highest BCUT2D eigenvalue weighted by Gasteiger charge is 1.83. The van der Waals surface area contributed by atoms with Crippen molar-refractivity contribution in [2.45, 2.75) is 14.4 Å². The summed E-state index contributed by atoms with van der Waals surface area (Å²) in [6.45, 7) is 1.94. The van der Waals surface area contributed by atoms with Crippen molar-refractivity contribution in [3.8, 4) is 5.75 Å². The van der Waals surface area contributed by atoms with Crippen molar-refractivity contribution in [1.82, 2.24) is 0 Å². The van der Waals surface area contributed by atoms with Gasteiger partial charge in [0, 0.05) is 1.43 Å². The van der Waals surface area contributed by atoms with Crippen LogP contribution >= 0.6 is 0 Å². The average Bonchev–Trinajstić information content (AvgIpc) is 1.64. The highest BCUT2D eigenvalue weighted by molar-refractivity contribution is 5.25. The molecule has 1 nitrogen and oxygen atoms in total. The SMILES string of the molecule is C.Cc1cccc(O)c1.[HH]. The van der Waals surface area contributed by atoms with Gasteiger partial charge in [-0.25, -0.2) is 0 Å². The van der Waals surface area contributed by atoms with Crippen LogP contribution < -0.4 is 0 Å². The number of hydrogen-bond acceptors (Lipinski definition) is 1. The van der Waals surface area contributed by atoms with Gasteiger partial charge < -0.3 is 5.11 Å². The fourth-order valence-electron chi connectivity index (χ4n) is 0.628. The van der Waals surface area contributed by atoms with Gasteiger partial charge in [-0.15, -0.1) is 0 Å². The normalized spacial score (nSPS) is 8.11. The van der Waals surface area contributed by atoms with Crippen molar-refractivity contribution in [2.75, 3.05) is 0 Å². The summed E-state index contributed by atoms with van der Waals surface area (Å²) in [4.78, 5) is 0. The van der Waals surface area contributed by atoms with Gasteiger partial charge in [0.15, 0.2) is 0 Å². The standard InChI is InChI=1S/C7H8O.CH4.H2/c1-6-3-2-4-7(8)5-6;;/h2-5,8H,1H3;1H4;1H. The zero-order valence-corrected chi connectivity index (χ0v) is 4.76. The lowest BCUT2D eigenvalue weighted by molar-refractivity contribution is 0.475. The summed E-state index contributed by atoms with van der Waals surface area (Å²) in [5.74, 6) is 0.338. The predicted octanol–water partition coefficient (Wildman–Crippen LogP) is 2.58. The van der Waals surface area contributed by atoms with Gasteiger partial charge in [0.1, 0.15) is 5.75 Å². The lowest BCUT2D eigenvalue weighted by Gasteiger charge is -1.89. The zero-order chi connectivity index (χ0) is 5.98. The Morgan fingerprint density at radius 1 is 1.44 bits per heavy atom.